The summed E-state index contributed by atoms with van der Waals surface area (Å²) in [5, 5.41) is 4.38. The summed E-state index contributed by atoms with van der Waals surface area (Å²) in [6.07, 6.45) is 3.32. The zero-order chi connectivity index (χ0) is 22.6. The number of nitrogens with one attached hydrogen (secondary N) is 2. The lowest BCUT2D eigenvalue weighted by Gasteiger charge is -2.32. The lowest BCUT2D eigenvalue weighted by molar-refractivity contribution is 0.148. The number of methoxy groups -OCH3 is 1. The number of hydrogen-bond donors (Lipinski definition) is 2. The number of hydrogen-bond acceptors (Lipinski definition) is 7. The van der Waals surface area contributed by atoms with E-state index < -0.39 is 0 Å². The van der Waals surface area contributed by atoms with Crippen molar-refractivity contribution in [3.05, 3.63) is 66.1 Å². The van der Waals surface area contributed by atoms with E-state index in [2.05, 4.69) is 72.4 Å². The zero-order valence-electron chi connectivity index (χ0n) is 19.1. The highest BCUT2D eigenvalue weighted by molar-refractivity contribution is 5.91. The van der Waals surface area contributed by atoms with Gasteiger partial charge in [-0.1, -0.05) is 24.3 Å². The number of pyridine rings is 1. The molecule has 0 bridgehead atoms. The highest BCUT2D eigenvalue weighted by Gasteiger charge is 2.14. The molecule has 33 heavy (non-hydrogen) atoms. The summed E-state index contributed by atoms with van der Waals surface area (Å²) in [5.74, 6) is 1.40. The fraction of sp³-hybridized carbons (Fsp3) is 0.320. The van der Waals surface area contributed by atoms with Crippen molar-refractivity contribution in [1.29, 1.82) is 0 Å². The molecule has 3 aromatic heterocycles. The molecule has 0 atom stereocenters. The van der Waals surface area contributed by atoms with Gasteiger partial charge >= 0.3 is 0 Å². The first kappa shape index (κ1) is 21.4. The van der Waals surface area contributed by atoms with Crippen LogP contribution in [0.2, 0.25) is 0 Å². The summed E-state index contributed by atoms with van der Waals surface area (Å²) >= 11 is 0. The number of benzene rings is 1. The van der Waals surface area contributed by atoms with Gasteiger partial charge in [-0.25, -0.2) is 15.0 Å². The summed E-state index contributed by atoms with van der Waals surface area (Å²) < 4.78 is 5.21. The number of rotatable bonds is 7. The van der Waals surface area contributed by atoms with Gasteiger partial charge in [-0.3, -0.25) is 4.90 Å². The normalized spacial score (nSPS) is 15.1. The Kier molecular flexibility index (Phi) is 6.19. The van der Waals surface area contributed by atoms with Crippen LogP contribution in [0.5, 0.6) is 5.88 Å². The van der Waals surface area contributed by atoms with E-state index in [1.54, 1.807) is 19.6 Å². The number of likely N-dealkylation sites (N-methyl/N-ethyl adjacent to an activating group) is 1. The molecule has 0 radical (unpaired) electrons. The number of H-pyrrole nitrogens is 1. The lowest BCUT2D eigenvalue weighted by Crippen LogP contribution is -2.43. The van der Waals surface area contributed by atoms with Crippen LogP contribution in [-0.4, -0.2) is 70.1 Å². The van der Waals surface area contributed by atoms with Crippen molar-refractivity contribution in [2.24, 2.45) is 0 Å². The van der Waals surface area contributed by atoms with Gasteiger partial charge in [0.05, 0.1) is 12.5 Å². The first-order valence-corrected chi connectivity index (χ1v) is 11.2. The van der Waals surface area contributed by atoms with E-state index in [0.717, 1.165) is 66.4 Å². The maximum atomic E-state index is 5.21. The summed E-state index contributed by atoms with van der Waals surface area (Å²) in [6.45, 7) is 6.15. The van der Waals surface area contributed by atoms with Crippen molar-refractivity contribution in [3.63, 3.8) is 0 Å². The first-order valence-electron chi connectivity index (χ1n) is 11.2. The second kappa shape index (κ2) is 9.56. The summed E-state index contributed by atoms with van der Waals surface area (Å²) in [7, 11) is 3.81. The van der Waals surface area contributed by atoms with E-state index in [0.29, 0.717) is 12.4 Å². The van der Waals surface area contributed by atoms with E-state index in [1.165, 1.54) is 5.56 Å². The Hall–Kier alpha value is -3.49. The molecule has 1 fully saturated rings. The fourth-order valence-corrected chi connectivity index (χ4v) is 4.15. The maximum Gasteiger partial charge on any atom is 0.213 e. The van der Waals surface area contributed by atoms with Crippen LogP contribution in [0.1, 0.15) is 11.1 Å². The molecule has 0 unspecified atom stereocenters. The predicted octanol–water partition coefficient (Wildman–Crippen LogP) is 3.39. The number of nitrogens with zero attached hydrogens (tertiary/aromatic N) is 5. The van der Waals surface area contributed by atoms with E-state index in [1.807, 2.05) is 12.1 Å². The second-order valence-corrected chi connectivity index (χ2v) is 8.50. The predicted molar refractivity (Wildman–Crippen MR) is 130 cm³/mol. The average molecular weight is 444 g/mol. The molecule has 0 spiro atoms. The largest absolute Gasteiger partial charge is 0.481 e. The van der Waals surface area contributed by atoms with Crippen LogP contribution in [0.4, 0.5) is 5.82 Å². The third-order valence-electron chi connectivity index (χ3n) is 6.16. The summed E-state index contributed by atoms with van der Waals surface area (Å²) in [6, 6.07) is 14.8. The van der Waals surface area contributed by atoms with Crippen molar-refractivity contribution in [2.45, 2.75) is 13.1 Å². The van der Waals surface area contributed by atoms with Crippen LogP contribution in [0, 0.1) is 0 Å². The molecule has 4 heterocycles. The molecular weight excluding hydrogens is 414 g/mol. The molecule has 2 N–H and O–H groups in total. The van der Waals surface area contributed by atoms with E-state index in [4.69, 9.17) is 4.74 Å². The molecule has 0 saturated carbocycles. The Balaban J connectivity index is 1.30. The zero-order valence-corrected chi connectivity index (χ0v) is 19.1. The molecule has 8 heteroatoms. The highest BCUT2D eigenvalue weighted by atomic mass is 16.5. The van der Waals surface area contributed by atoms with Crippen LogP contribution >= 0.6 is 0 Å². The maximum absolute atomic E-state index is 5.21. The Bertz CT molecular complexity index is 1210. The SMILES string of the molecule is COc1cc(CNc2ncnc3[nH]c(-c4ccc(CN5CCN(C)CC5)cc4)cc23)ccn1. The van der Waals surface area contributed by atoms with Gasteiger partial charge in [-0.05, 0) is 35.9 Å². The molecule has 1 saturated heterocycles. The number of piperazine rings is 1. The summed E-state index contributed by atoms with van der Waals surface area (Å²) in [5.41, 5.74) is 5.40. The van der Waals surface area contributed by atoms with Gasteiger partial charge in [0.15, 0.2) is 0 Å². The van der Waals surface area contributed by atoms with Crippen LogP contribution < -0.4 is 10.1 Å². The van der Waals surface area contributed by atoms with Gasteiger partial charge in [0.2, 0.25) is 5.88 Å². The Labute approximate surface area is 193 Å². The average Bonchev–Trinajstić information content (AvgIpc) is 3.30. The van der Waals surface area contributed by atoms with Crippen LogP contribution in [0.3, 0.4) is 0 Å². The molecule has 1 aromatic carbocycles. The minimum atomic E-state index is 0.599. The minimum Gasteiger partial charge on any atom is -0.481 e. The molecule has 0 amide bonds. The van der Waals surface area contributed by atoms with E-state index in [-0.39, 0.29) is 0 Å². The van der Waals surface area contributed by atoms with Crippen LogP contribution in [0.15, 0.2) is 55.0 Å². The van der Waals surface area contributed by atoms with Gasteiger partial charge in [-0.15, -0.1) is 0 Å². The van der Waals surface area contributed by atoms with E-state index >= 15 is 0 Å². The second-order valence-electron chi connectivity index (χ2n) is 8.50. The van der Waals surface area contributed by atoms with Crippen molar-refractivity contribution < 1.29 is 4.74 Å². The molecule has 170 valence electrons. The first-order chi connectivity index (χ1) is 16.2. The topological polar surface area (TPSA) is 82.2 Å². The third kappa shape index (κ3) is 4.97. The molecule has 8 nitrogen and oxygen atoms in total. The number of aromatic amines is 1. The van der Waals surface area contributed by atoms with Gasteiger partial charge < -0.3 is 19.9 Å². The van der Waals surface area contributed by atoms with Crippen LogP contribution in [-0.2, 0) is 13.1 Å². The van der Waals surface area contributed by atoms with Gasteiger partial charge in [-0.2, -0.15) is 0 Å². The Morgan fingerprint density at radius 1 is 0.970 bits per heavy atom. The molecular formula is C25H29N7O. The van der Waals surface area contributed by atoms with Crippen LogP contribution in [0.25, 0.3) is 22.3 Å². The molecule has 5 rings (SSSR count). The molecule has 0 aliphatic carbocycles. The molecule has 4 aromatic rings. The van der Waals surface area contributed by atoms with Gasteiger partial charge in [0.1, 0.15) is 17.8 Å². The quantitative estimate of drug-likeness (QED) is 0.453. The lowest BCUT2D eigenvalue weighted by atomic mass is 10.1. The van der Waals surface area contributed by atoms with Gasteiger partial charge in [0, 0.05) is 57.2 Å². The summed E-state index contributed by atoms with van der Waals surface area (Å²) in [4.78, 5) is 21.4. The monoisotopic (exact) mass is 443 g/mol. The highest BCUT2D eigenvalue weighted by Crippen LogP contribution is 2.27. The number of ether oxygens (including phenoxy) is 1. The third-order valence-corrected chi connectivity index (χ3v) is 6.16. The number of aromatic nitrogens is 4. The molecule has 1 aliphatic heterocycles. The van der Waals surface area contributed by atoms with E-state index in [9.17, 15) is 0 Å². The smallest absolute Gasteiger partial charge is 0.213 e. The van der Waals surface area contributed by atoms with Crippen molar-refractivity contribution in [1.82, 2.24) is 29.7 Å². The van der Waals surface area contributed by atoms with Gasteiger partial charge in [0.25, 0.3) is 0 Å². The van der Waals surface area contributed by atoms with Crippen molar-refractivity contribution >= 4 is 16.9 Å². The van der Waals surface area contributed by atoms with Crippen molar-refractivity contribution in [2.75, 3.05) is 45.7 Å². The number of fused-ring (bicyclic) bond motifs is 1. The minimum absolute atomic E-state index is 0.599. The fourth-order valence-electron chi connectivity index (χ4n) is 4.15. The Morgan fingerprint density at radius 2 is 1.79 bits per heavy atom. The standard InChI is InChI=1S/C25H29N7O/c1-31-9-11-32(12-10-31)16-18-3-5-20(6-4-18)22-14-21-24(28-17-29-25(21)30-22)27-15-19-7-8-26-23(13-19)33-2/h3-8,13-14,17H,9-12,15-16H2,1-2H3,(H2,27,28,29,30). The number of anilines is 1. The molecule has 1 aliphatic rings. The Morgan fingerprint density at radius 3 is 2.58 bits per heavy atom. The van der Waals surface area contributed by atoms with Crippen molar-refractivity contribution in [3.8, 4) is 17.1 Å².